The lowest BCUT2D eigenvalue weighted by molar-refractivity contribution is -0.129. The number of hydrogen-bond acceptors (Lipinski definition) is 7. The number of unbranched alkanes of at least 4 members (excludes halogenated alkanes) is 1. The lowest BCUT2D eigenvalue weighted by Gasteiger charge is -2.17. The number of para-hydroxylation sites is 2. The summed E-state index contributed by atoms with van der Waals surface area (Å²) in [5.41, 5.74) is 2.50. The van der Waals surface area contributed by atoms with Gasteiger partial charge in [0.2, 0.25) is 11.8 Å². The van der Waals surface area contributed by atoms with E-state index in [0.29, 0.717) is 42.1 Å². The highest BCUT2D eigenvalue weighted by atomic mass is 33.1. The van der Waals surface area contributed by atoms with Crippen LogP contribution in [0.25, 0.3) is 0 Å². The average molecular weight is 608 g/mol. The first-order chi connectivity index (χ1) is 20.5. The Morgan fingerprint density at radius 3 is 1.93 bits per heavy atom. The van der Waals surface area contributed by atoms with Crippen LogP contribution in [0.2, 0.25) is 0 Å². The molecule has 0 aliphatic heterocycles. The number of amides is 3. The van der Waals surface area contributed by atoms with Crippen LogP contribution in [-0.4, -0.2) is 48.0 Å². The van der Waals surface area contributed by atoms with Gasteiger partial charge in [0.1, 0.15) is 11.7 Å². The van der Waals surface area contributed by atoms with E-state index in [-0.39, 0.29) is 17.7 Å². The molecule has 0 atom stereocenters. The lowest BCUT2D eigenvalue weighted by atomic mass is 9.99. The summed E-state index contributed by atoms with van der Waals surface area (Å²) in [5.74, 6) is 0.530. The SMILES string of the molecule is COc1ccc(C/C(=C\O)C(=O)NCCSSCCCCC(C(=O)Nc2ccccc2)C(=O)Nc2ccccc2)cc1. The average Bonchev–Trinajstić information content (AvgIpc) is 3.01. The van der Waals surface area contributed by atoms with E-state index < -0.39 is 5.92 Å². The lowest BCUT2D eigenvalue weighted by Crippen LogP contribution is -2.34. The fourth-order valence-electron chi connectivity index (χ4n) is 3.98. The molecule has 3 amide bonds. The number of anilines is 2. The van der Waals surface area contributed by atoms with Crippen molar-refractivity contribution in [3.05, 3.63) is 102 Å². The summed E-state index contributed by atoms with van der Waals surface area (Å²) in [4.78, 5) is 38.4. The first-order valence-corrected chi connectivity index (χ1v) is 16.2. The quantitative estimate of drug-likeness (QED) is 0.0472. The van der Waals surface area contributed by atoms with E-state index in [9.17, 15) is 19.5 Å². The fourth-order valence-corrected chi connectivity index (χ4v) is 6.03. The van der Waals surface area contributed by atoms with Crippen molar-refractivity contribution in [1.29, 1.82) is 0 Å². The van der Waals surface area contributed by atoms with E-state index >= 15 is 0 Å². The van der Waals surface area contributed by atoms with Crippen LogP contribution in [0, 0.1) is 5.92 Å². The van der Waals surface area contributed by atoms with Gasteiger partial charge in [0, 0.05) is 35.8 Å². The maximum absolute atomic E-state index is 13.0. The minimum absolute atomic E-state index is 0.292. The maximum atomic E-state index is 13.0. The number of ether oxygens (including phenoxy) is 1. The van der Waals surface area contributed by atoms with Crippen molar-refractivity contribution in [2.75, 3.05) is 35.8 Å². The second-order valence-electron chi connectivity index (χ2n) is 9.34. The number of methoxy groups -OCH3 is 1. The molecule has 0 heterocycles. The number of nitrogens with one attached hydrogen (secondary N) is 3. The third kappa shape index (κ3) is 11.5. The molecule has 42 heavy (non-hydrogen) atoms. The van der Waals surface area contributed by atoms with E-state index in [2.05, 4.69) is 16.0 Å². The second kappa shape index (κ2) is 18.5. The molecule has 0 aliphatic carbocycles. The summed E-state index contributed by atoms with van der Waals surface area (Å²) in [6.45, 7) is 0.470. The van der Waals surface area contributed by atoms with E-state index in [4.69, 9.17) is 4.74 Å². The standard InChI is InChI=1S/C32H37N3O5S2/c1-40-28-17-15-24(16-18-28)22-25(23-36)30(37)33-19-21-42-41-20-9-8-14-29(31(38)34-26-10-4-2-5-11-26)32(39)35-27-12-6-3-7-13-27/h2-7,10-13,15-18,23,29,36H,8-9,14,19-22H2,1H3,(H,33,37)(H,34,38)(H,35,39)/b25-23+. The number of aliphatic hydroxyl groups is 1. The Bertz CT molecular complexity index is 1240. The van der Waals surface area contributed by atoms with Crippen LogP contribution >= 0.6 is 21.6 Å². The molecular formula is C32H37N3O5S2. The molecule has 0 saturated heterocycles. The Labute approximate surface area is 255 Å². The third-order valence-electron chi connectivity index (χ3n) is 6.24. The summed E-state index contributed by atoms with van der Waals surface area (Å²) in [6, 6.07) is 25.6. The minimum atomic E-state index is -0.815. The fraction of sp³-hybridized carbons (Fsp3) is 0.281. The van der Waals surface area contributed by atoms with Gasteiger partial charge in [0.25, 0.3) is 5.91 Å². The summed E-state index contributed by atoms with van der Waals surface area (Å²) in [7, 11) is 4.93. The van der Waals surface area contributed by atoms with Crippen LogP contribution in [0.3, 0.4) is 0 Å². The second-order valence-corrected chi connectivity index (χ2v) is 12.0. The molecule has 10 heteroatoms. The van der Waals surface area contributed by atoms with Crippen LogP contribution in [0.15, 0.2) is 96.8 Å². The Morgan fingerprint density at radius 2 is 1.38 bits per heavy atom. The molecule has 0 fully saturated rings. The van der Waals surface area contributed by atoms with E-state index in [1.54, 1.807) is 53.0 Å². The first-order valence-electron chi connectivity index (χ1n) is 13.7. The summed E-state index contributed by atoms with van der Waals surface area (Å²) >= 11 is 0. The van der Waals surface area contributed by atoms with Crippen LogP contribution in [0.5, 0.6) is 5.75 Å². The Hall–Kier alpha value is -3.89. The number of aliphatic hydroxyl groups excluding tert-OH is 1. The smallest absolute Gasteiger partial charge is 0.250 e. The molecule has 222 valence electrons. The van der Waals surface area contributed by atoms with Crippen LogP contribution < -0.4 is 20.7 Å². The van der Waals surface area contributed by atoms with Crippen molar-refractivity contribution in [2.24, 2.45) is 5.92 Å². The monoisotopic (exact) mass is 607 g/mol. The van der Waals surface area contributed by atoms with E-state index in [1.165, 1.54) is 0 Å². The van der Waals surface area contributed by atoms with E-state index in [0.717, 1.165) is 36.2 Å². The maximum Gasteiger partial charge on any atom is 0.250 e. The minimum Gasteiger partial charge on any atom is -0.515 e. The molecule has 3 rings (SSSR count). The van der Waals surface area contributed by atoms with Gasteiger partial charge in [-0.15, -0.1) is 0 Å². The van der Waals surface area contributed by atoms with Crippen molar-refractivity contribution in [1.82, 2.24) is 5.32 Å². The zero-order chi connectivity index (χ0) is 30.0. The van der Waals surface area contributed by atoms with Crippen molar-refractivity contribution in [3.63, 3.8) is 0 Å². The van der Waals surface area contributed by atoms with Crippen LogP contribution in [-0.2, 0) is 20.8 Å². The van der Waals surface area contributed by atoms with Gasteiger partial charge < -0.3 is 25.8 Å². The third-order valence-corrected chi connectivity index (χ3v) is 8.73. The van der Waals surface area contributed by atoms with Gasteiger partial charge in [-0.05, 0) is 54.8 Å². The first kappa shape index (κ1) is 32.6. The van der Waals surface area contributed by atoms with Crippen molar-refractivity contribution >= 4 is 50.7 Å². The van der Waals surface area contributed by atoms with Gasteiger partial charge in [-0.3, -0.25) is 14.4 Å². The number of hydrogen-bond donors (Lipinski definition) is 4. The normalized spacial score (nSPS) is 11.1. The van der Waals surface area contributed by atoms with Crippen molar-refractivity contribution < 1.29 is 24.2 Å². The van der Waals surface area contributed by atoms with E-state index in [1.807, 2.05) is 60.7 Å². The van der Waals surface area contributed by atoms with Gasteiger partial charge in [-0.1, -0.05) is 76.5 Å². The summed E-state index contributed by atoms with van der Waals surface area (Å²) < 4.78 is 5.14. The number of carbonyl (C=O) groups excluding carboxylic acids is 3. The van der Waals surface area contributed by atoms with Gasteiger partial charge >= 0.3 is 0 Å². The highest BCUT2D eigenvalue weighted by molar-refractivity contribution is 8.76. The zero-order valence-electron chi connectivity index (χ0n) is 23.6. The molecule has 0 aromatic heterocycles. The van der Waals surface area contributed by atoms with Gasteiger partial charge in [0.05, 0.1) is 18.9 Å². The largest absolute Gasteiger partial charge is 0.515 e. The molecule has 4 N–H and O–H groups in total. The molecule has 0 bridgehead atoms. The van der Waals surface area contributed by atoms with Crippen molar-refractivity contribution in [2.45, 2.75) is 25.7 Å². The number of benzene rings is 3. The number of carbonyl (C=O) groups is 3. The summed E-state index contributed by atoms with van der Waals surface area (Å²) in [5, 5.41) is 18.1. The Morgan fingerprint density at radius 1 is 0.810 bits per heavy atom. The molecule has 8 nitrogen and oxygen atoms in total. The Balaban J connectivity index is 1.35. The van der Waals surface area contributed by atoms with Gasteiger partial charge in [-0.2, -0.15) is 0 Å². The number of rotatable bonds is 17. The predicted octanol–water partition coefficient (Wildman–Crippen LogP) is 6.24. The summed E-state index contributed by atoms with van der Waals surface area (Å²) in [6.07, 6.45) is 3.17. The molecule has 0 saturated carbocycles. The van der Waals surface area contributed by atoms with Gasteiger partial charge in [0.15, 0.2) is 0 Å². The van der Waals surface area contributed by atoms with Crippen molar-refractivity contribution in [3.8, 4) is 5.75 Å². The topological polar surface area (TPSA) is 117 Å². The zero-order valence-corrected chi connectivity index (χ0v) is 25.2. The predicted molar refractivity (Wildman–Crippen MR) is 173 cm³/mol. The van der Waals surface area contributed by atoms with Crippen LogP contribution in [0.4, 0.5) is 11.4 Å². The highest BCUT2D eigenvalue weighted by Crippen LogP contribution is 2.24. The Kier molecular flexibility index (Phi) is 14.4. The van der Waals surface area contributed by atoms with Gasteiger partial charge in [-0.25, -0.2) is 0 Å². The molecule has 0 radical (unpaired) electrons. The highest BCUT2D eigenvalue weighted by Gasteiger charge is 2.26. The molecular weight excluding hydrogens is 571 g/mol. The molecule has 0 unspecified atom stereocenters. The molecule has 0 aliphatic rings. The van der Waals surface area contributed by atoms with Crippen LogP contribution in [0.1, 0.15) is 24.8 Å². The molecule has 0 spiro atoms. The molecule has 3 aromatic carbocycles. The molecule has 3 aromatic rings.